The van der Waals surface area contributed by atoms with Gasteiger partial charge in [0.05, 0.1) is 19.6 Å². The predicted octanol–water partition coefficient (Wildman–Crippen LogP) is 3.81. The van der Waals surface area contributed by atoms with Gasteiger partial charge in [-0.05, 0) is 49.1 Å². The minimum atomic E-state index is -0.407. The van der Waals surface area contributed by atoms with Gasteiger partial charge >= 0.3 is 0 Å². The summed E-state index contributed by atoms with van der Waals surface area (Å²) in [6.07, 6.45) is 2.53. The molecule has 0 aliphatic carbocycles. The molecule has 2 aromatic rings. The average Bonchev–Trinajstić information content (AvgIpc) is 2.87. The van der Waals surface area contributed by atoms with Gasteiger partial charge in [0.25, 0.3) is 5.91 Å². The monoisotopic (exact) mass is 465 g/mol. The molecule has 1 N–H and O–H groups in total. The number of carbonyl (C=O) groups excluding carboxylic acids is 3. The van der Waals surface area contributed by atoms with Crippen molar-refractivity contribution in [1.29, 1.82) is 0 Å². The lowest BCUT2D eigenvalue weighted by Crippen LogP contribution is -2.49. The molecule has 3 rings (SSSR count). The van der Waals surface area contributed by atoms with Crippen LogP contribution in [0.15, 0.2) is 54.6 Å². The van der Waals surface area contributed by atoms with Gasteiger partial charge in [-0.2, -0.15) is 0 Å². The highest BCUT2D eigenvalue weighted by atomic mass is 16.5. The Balaban J connectivity index is 1.66. The van der Waals surface area contributed by atoms with Gasteiger partial charge in [0.1, 0.15) is 5.75 Å². The molecule has 1 aliphatic heterocycles. The maximum atomic E-state index is 13.4. The van der Waals surface area contributed by atoms with Gasteiger partial charge in [0.15, 0.2) is 0 Å². The van der Waals surface area contributed by atoms with Gasteiger partial charge in [-0.3, -0.25) is 14.4 Å². The molecule has 0 saturated carbocycles. The zero-order valence-corrected chi connectivity index (χ0v) is 20.3. The van der Waals surface area contributed by atoms with Crippen LogP contribution in [0.3, 0.4) is 0 Å². The number of benzene rings is 2. The molecule has 0 aromatic heterocycles. The van der Waals surface area contributed by atoms with Crippen LogP contribution in [0.2, 0.25) is 0 Å². The molecule has 1 atom stereocenters. The maximum Gasteiger partial charge on any atom is 0.253 e. The predicted molar refractivity (Wildman–Crippen MR) is 132 cm³/mol. The van der Waals surface area contributed by atoms with E-state index in [1.54, 1.807) is 7.11 Å². The summed E-state index contributed by atoms with van der Waals surface area (Å²) in [4.78, 5) is 41.9. The summed E-state index contributed by atoms with van der Waals surface area (Å²) in [5, 5.41) is 2.92. The molecule has 1 aliphatic rings. The van der Waals surface area contributed by atoms with E-state index >= 15 is 0 Å². The first-order chi connectivity index (χ1) is 16.4. The molecule has 1 fully saturated rings. The Morgan fingerprint density at radius 3 is 2.26 bits per heavy atom. The molecular weight excluding hydrogens is 430 g/mol. The van der Waals surface area contributed by atoms with Crippen LogP contribution in [0.1, 0.15) is 61.5 Å². The molecule has 3 amide bonds. The van der Waals surface area contributed by atoms with E-state index in [4.69, 9.17) is 4.74 Å². The summed E-state index contributed by atoms with van der Waals surface area (Å²) < 4.78 is 5.22. The number of carbonyl (C=O) groups is 3. The largest absolute Gasteiger partial charge is 0.497 e. The highest BCUT2D eigenvalue weighted by Crippen LogP contribution is 2.24. The molecule has 0 spiro atoms. The number of nitrogens with one attached hydrogen (secondary N) is 1. The van der Waals surface area contributed by atoms with Gasteiger partial charge in [-0.25, -0.2) is 0 Å². The highest BCUT2D eigenvalue weighted by molar-refractivity contribution is 5.94. The average molecular weight is 466 g/mol. The number of piperidine rings is 1. The zero-order chi connectivity index (χ0) is 24.5. The van der Waals surface area contributed by atoms with Crippen molar-refractivity contribution < 1.29 is 19.1 Å². The minimum absolute atomic E-state index is 0.0178. The van der Waals surface area contributed by atoms with E-state index in [2.05, 4.69) is 12.2 Å². The minimum Gasteiger partial charge on any atom is -0.497 e. The Bertz CT molecular complexity index is 954. The third-order valence-electron chi connectivity index (χ3n) is 6.27. The first-order valence-electron chi connectivity index (χ1n) is 12.0. The van der Waals surface area contributed by atoms with E-state index in [0.717, 1.165) is 30.6 Å². The maximum absolute atomic E-state index is 13.4. The number of nitrogens with zero attached hydrogens (tertiary/aromatic N) is 2. The van der Waals surface area contributed by atoms with Crippen LogP contribution < -0.4 is 10.1 Å². The topological polar surface area (TPSA) is 79.0 Å². The smallest absolute Gasteiger partial charge is 0.253 e. The Morgan fingerprint density at radius 2 is 1.71 bits per heavy atom. The molecule has 7 heteroatoms. The summed E-state index contributed by atoms with van der Waals surface area (Å²) in [7, 11) is 1.60. The molecule has 0 radical (unpaired) electrons. The SMILES string of the molecule is CCCN(C(=O)CC(NC(C)=O)c1ccc(OC)cc1)C1CCN(C(=O)c2ccccc2)CC1. The normalized spacial score (nSPS) is 14.9. The van der Waals surface area contributed by atoms with Crippen molar-refractivity contribution >= 4 is 17.7 Å². The Kier molecular flexibility index (Phi) is 9.08. The molecule has 1 unspecified atom stereocenters. The first kappa shape index (κ1) is 25.3. The van der Waals surface area contributed by atoms with Gasteiger partial charge in [0.2, 0.25) is 11.8 Å². The van der Waals surface area contributed by atoms with E-state index in [1.807, 2.05) is 64.4 Å². The van der Waals surface area contributed by atoms with Crippen molar-refractivity contribution in [1.82, 2.24) is 15.1 Å². The Labute approximate surface area is 202 Å². The number of likely N-dealkylation sites (tertiary alicyclic amines) is 1. The summed E-state index contributed by atoms with van der Waals surface area (Å²) in [5.74, 6) is 0.603. The summed E-state index contributed by atoms with van der Waals surface area (Å²) in [6, 6.07) is 16.4. The zero-order valence-electron chi connectivity index (χ0n) is 20.3. The molecule has 2 aromatic carbocycles. The van der Waals surface area contributed by atoms with Gasteiger partial charge in [0, 0.05) is 38.2 Å². The number of methoxy groups -OCH3 is 1. The van der Waals surface area contributed by atoms with Crippen molar-refractivity contribution in [3.05, 3.63) is 65.7 Å². The second-order valence-electron chi connectivity index (χ2n) is 8.71. The van der Waals surface area contributed by atoms with E-state index in [1.165, 1.54) is 6.92 Å². The van der Waals surface area contributed by atoms with Crippen LogP contribution in [0.5, 0.6) is 5.75 Å². The standard InChI is InChI=1S/C27H35N3O4/c1-4-16-30(23-14-17-29(18-15-23)27(33)22-8-6-5-7-9-22)26(32)19-25(28-20(2)31)21-10-12-24(34-3)13-11-21/h5-13,23,25H,4,14-19H2,1-3H3,(H,28,31). The van der Waals surface area contributed by atoms with E-state index < -0.39 is 6.04 Å². The van der Waals surface area contributed by atoms with Crippen LogP contribution >= 0.6 is 0 Å². The fraction of sp³-hybridized carbons (Fsp3) is 0.444. The number of hydrogen-bond acceptors (Lipinski definition) is 4. The van der Waals surface area contributed by atoms with Crippen LogP contribution in [-0.2, 0) is 9.59 Å². The fourth-order valence-electron chi connectivity index (χ4n) is 4.52. The quantitative estimate of drug-likeness (QED) is 0.611. The molecule has 0 bridgehead atoms. The number of amides is 3. The van der Waals surface area contributed by atoms with Crippen LogP contribution in [0.25, 0.3) is 0 Å². The lowest BCUT2D eigenvalue weighted by Gasteiger charge is -2.39. The summed E-state index contributed by atoms with van der Waals surface area (Å²) in [5.41, 5.74) is 1.56. The highest BCUT2D eigenvalue weighted by Gasteiger charge is 2.31. The Hall–Kier alpha value is -3.35. The third kappa shape index (κ3) is 6.59. The summed E-state index contributed by atoms with van der Waals surface area (Å²) >= 11 is 0. The number of ether oxygens (including phenoxy) is 1. The molecule has 34 heavy (non-hydrogen) atoms. The number of hydrogen-bond donors (Lipinski definition) is 1. The molecular formula is C27H35N3O4. The van der Waals surface area contributed by atoms with Crippen molar-refractivity contribution in [3.8, 4) is 5.75 Å². The van der Waals surface area contributed by atoms with E-state index in [-0.39, 0.29) is 30.2 Å². The van der Waals surface area contributed by atoms with Crippen molar-refractivity contribution in [2.24, 2.45) is 0 Å². The first-order valence-corrected chi connectivity index (χ1v) is 12.0. The van der Waals surface area contributed by atoms with Crippen LogP contribution in [0, 0.1) is 0 Å². The molecule has 1 saturated heterocycles. The second-order valence-corrected chi connectivity index (χ2v) is 8.71. The molecule has 182 valence electrons. The fourth-order valence-corrected chi connectivity index (χ4v) is 4.52. The van der Waals surface area contributed by atoms with E-state index in [9.17, 15) is 14.4 Å². The van der Waals surface area contributed by atoms with Gasteiger partial charge < -0.3 is 19.9 Å². The Morgan fingerprint density at radius 1 is 1.06 bits per heavy atom. The van der Waals surface area contributed by atoms with Crippen molar-refractivity contribution in [2.75, 3.05) is 26.7 Å². The third-order valence-corrected chi connectivity index (χ3v) is 6.27. The lowest BCUT2D eigenvalue weighted by atomic mass is 9.98. The number of rotatable bonds is 9. The van der Waals surface area contributed by atoms with Crippen molar-refractivity contribution in [2.45, 2.75) is 51.6 Å². The van der Waals surface area contributed by atoms with Gasteiger partial charge in [-0.1, -0.05) is 37.3 Å². The van der Waals surface area contributed by atoms with Crippen molar-refractivity contribution in [3.63, 3.8) is 0 Å². The van der Waals surface area contributed by atoms with Crippen LogP contribution in [-0.4, -0.2) is 60.3 Å². The molecule has 1 heterocycles. The van der Waals surface area contributed by atoms with Crippen LogP contribution in [0.4, 0.5) is 0 Å². The lowest BCUT2D eigenvalue weighted by molar-refractivity contribution is -0.135. The molecule has 7 nitrogen and oxygen atoms in total. The van der Waals surface area contributed by atoms with E-state index in [0.29, 0.717) is 25.2 Å². The van der Waals surface area contributed by atoms with Gasteiger partial charge in [-0.15, -0.1) is 0 Å². The summed E-state index contributed by atoms with van der Waals surface area (Å²) in [6.45, 7) is 5.43. The second kappa shape index (κ2) is 12.2.